The second kappa shape index (κ2) is 7.89. The molecule has 1 aliphatic carbocycles. The Bertz CT molecular complexity index is 778. The van der Waals surface area contributed by atoms with Gasteiger partial charge in [-0.05, 0) is 44.7 Å². The molecule has 3 rings (SSSR count). The molecular weight excluding hydrogens is 364 g/mol. The SMILES string of the molecule is CC[C@H](NS(=O)(=O)c1ccc(C)cc1)C(=O)N1CC[C@]2(O)CCCC[C@@H]2C1. The van der Waals surface area contributed by atoms with Gasteiger partial charge in [0.1, 0.15) is 6.04 Å². The van der Waals surface area contributed by atoms with E-state index in [0.717, 1.165) is 31.2 Å². The molecule has 150 valence electrons. The van der Waals surface area contributed by atoms with Crippen LogP contribution in [0.15, 0.2) is 29.2 Å². The molecule has 1 aromatic rings. The van der Waals surface area contributed by atoms with E-state index in [9.17, 15) is 18.3 Å². The largest absolute Gasteiger partial charge is 0.389 e. The lowest BCUT2D eigenvalue weighted by Crippen LogP contribution is -2.58. The molecular formula is C20H30N2O4S. The summed E-state index contributed by atoms with van der Waals surface area (Å²) in [7, 11) is -3.75. The molecule has 0 unspecified atom stereocenters. The van der Waals surface area contributed by atoms with E-state index in [1.54, 1.807) is 36.1 Å². The summed E-state index contributed by atoms with van der Waals surface area (Å²) in [5, 5.41) is 10.8. The summed E-state index contributed by atoms with van der Waals surface area (Å²) in [6.07, 6.45) is 4.80. The van der Waals surface area contributed by atoms with E-state index in [0.29, 0.717) is 25.9 Å². The Morgan fingerprint density at radius 1 is 1.30 bits per heavy atom. The van der Waals surface area contributed by atoms with Gasteiger partial charge in [-0.15, -0.1) is 0 Å². The van der Waals surface area contributed by atoms with Crippen LogP contribution in [0.1, 0.15) is 51.0 Å². The number of sulfonamides is 1. The van der Waals surface area contributed by atoms with Crippen LogP contribution in [0.2, 0.25) is 0 Å². The fourth-order valence-corrected chi connectivity index (χ4v) is 5.55. The molecule has 1 saturated heterocycles. The van der Waals surface area contributed by atoms with Crippen molar-refractivity contribution in [2.45, 2.75) is 68.9 Å². The van der Waals surface area contributed by atoms with Crippen molar-refractivity contribution < 1.29 is 18.3 Å². The van der Waals surface area contributed by atoms with Crippen molar-refractivity contribution in [1.82, 2.24) is 9.62 Å². The number of nitrogens with zero attached hydrogens (tertiary/aromatic N) is 1. The van der Waals surface area contributed by atoms with Gasteiger partial charge in [0.25, 0.3) is 0 Å². The summed E-state index contributed by atoms with van der Waals surface area (Å²) in [4.78, 5) is 14.9. The Morgan fingerprint density at radius 2 is 2.00 bits per heavy atom. The fourth-order valence-electron chi connectivity index (χ4n) is 4.27. The molecule has 2 fully saturated rings. The molecule has 1 aromatic carbocycles. The van der Waals surface area contributed by atoms with Crippen LogP contribution in [0.4, 0.5) is 0 Å². The molecule has 2 aliphatic rings. The van der Waals surface area contributed by atoms with Crippen LogP contribution in [0.25, 0.3) is 0 Å². The summed E-state index contributed by atoms with van der Waals surface area (Å²) in [5.41, 5.74) is 0.323. The normalized spacial score (nSPS) is 27.1. The molecule has 0 bridgehead atoms. The van der Waals surface area contributed by atoms with Gasteiger partial charge < -0.3 is 10.0 Å². The first kappa shape index (κ1) is 20.3. The Balaban J connectivity index is 1.70. The molecule has 27 heavy (non-hydrogen) atoms. The third-order valence-corrected chi connectivity index (χ3v) is 7.56. The maximum absolute atomic E-state index is 13.0. The van der Waals surface area contributed by atoms with Crippen molar-refractivity contribution in [3.63, 3.8) is 0 Å². The van der Waals surface area contributed by atoms with Crippen LogP contribution in [0, 0.1) is 12.8 Å². The number of hydrogen-bond acceptors (Lipinski definition) is 4. The number of aryl methyl sites for hydroxylation is 1. The van der Waals surface area contributed by atoms with Gasteiger partial charge in [0.05, 0.1) is 10.5 Å². The number of nitrogens with one attached hydrogen (secondary N) is 1. The minimum atomic E-state index is -3.75. The van der Waals surface area contributed by atoms with Crippen LogP contribution in [-0.2, 0) is 14.8 Å². The van der Waals surface area contributed by atoms with Gasteiger partial charge in [0.15, 0.2) is 0 Å². The highest BCUT2D eigenvalue weighted by molar-refractivity contribution is 7.89. The second-order valence-electron chi connectivity index (χ2n) is 7.98. The van der Waals surface area contributed by atoms with E-state index >= 15 is 0 Å². The molecule has 1 aliphatic heterocycles. The Hall–Kier alpha value is -1.44. The smallest absolute Gasteiger partial charge is 0.241 e. The maximum atomic E-state index is 13.0. The van der Waals surface area contributed by atoms with Crippen molar-refractivity contribution in [1.29, 1.82) is 0 Å². The number of hydrogen-bond donors (Lipinski definition) is 2. The first-order valence-corrected chi connectivity index (χ1v) is 11.3. The van der Waals surface area contributed by atoms with E-state index in [4.69, 9.17) is 0 Å². The van der Waals surface area contributed by atoms with Crippen molar-refractivity contribution in [3.05, 3.63) is 29.8 Å². The van der Waals surface area contributed by atoms with Crippen LogP contribution in [0.5, 0.6) is 0 Å². The van der Waals surface area contributed by atoms with E-state index in [1.165, 1.54) is 0 Å². The first-order chi connectivity index (χ1) is 12.7. The molecule has 0 aromatic heterocycles. The van der Waals surface area contributed by atoms with Gasteiger partial charge in [-0.2, -0.15) is 4.72 Å². The van der Waals surface area contributed by atoms with Crippen LogP contribution < -0.4 is 4.72 Å². The molecule has 0 radical (unpaired) electrons. The maximum Gasteiger partial charge on any atom is 0.241 e. The molecule has 7 heteroatoms. The number of carbonyl (C=O) groups excluding carboxylic acids is 1. The van der Waals surface area contributed by atoms with Gasteiger partial charge >= 0.3 is 0 Å². The zero-order chi connectivity index (χ0) is 19.7. The van der Waals surface area contributed by atoms with E-state index in [2.05, 4.69) is 4.72 Å². The number of aliphatic hydroxyl groups is 1. The number of carbonyl (C=O) groups is 1. The topological polar surface area (TPSA) is 86.7 Å². The van der Waals surface area contributed by atoms with Crippen molar-refractivity contribution in [2.24, 2.45) is 5.92 Å². The molecule has 1 heterocycles. The van der Waals surface area contributed by atoms with E-state index < -0.39 is 21.7 Å². The van der Waals surface area contributed by atoms with Crippen molar-refractivity contribution in [3.8, 4) is 0 Å². The average molecular weight is 395 g/mol. The highest BCUT2D eigenvalue weighted by atomic mass is 32.2. The molecule has 1 amide bonds. The van der Waals surface area contributed by atoms with Crippen molar-refractivity contribution in [2.75, 3.05) is 13.1 Å². The number of piperidine rings is 1. The molecule has 0 spiro atoms. The number of amides is 1. The lowest BCUT2D eigenvalue weighted by Gasteiger charge is -2.47. The lowest BCUT2D eigenvalue weighted by molar-refractivity contribution is -0.145. The predicted molar refractivity (Wildman–Crippen MR) is 104 cm³/mol. The van der Waals surface area contributed by atoms with E-state index in [-0.39, 0.29) is 16.7 Å². The van der Waals surface area contributed by atoms with Gasteiger partial charge in [-0.25, -0.2) is 8.42 Å². The average Bonchev–Trinajstić information content (AvgIpc) is 2.65. The number of fused-ring (bicyclic) bond motifs is 1. The molecule has 3 atom stereocenters. The predicted octanol–water partition coefficient (Wildman–Crippen LogP) is 2.21. The third kappa shape index (κ3) is 4.36. The second-order valence-corrected chi connectivity index (χ2v) is 9.69. The summed E-state index contributed by atoms with van der Waals surface area (Å²) >= 11 is 0. The Labute approximate surface area is 162 Å². The molecule has 6 nitrogen and oxygen atoms in total. The van der Waals surface area contributed by atoms with Crippen LogP contribution in [-0.4, -0.2) is 49.1 Å². The number of rotatable bonds is 5. The highest BCUT2D eigenvalue weighted by Gasteiger charge is 2.44. The quantitative estimate of drug-likeness (QED) is 0.802. The number of likely N-dealkylation sites (tertiary alicyclic amines) is 1. The van der Waals surface area contributed by atoms with Gasteiger partial charge in [-0.3, -0.25) is 4.79 Å². The minimum absolute atomic E-state index is 0.0927. The highest BCUT2D eigenvalue weighted by Crippen LogP contribution is 2.39. The van der Waals surface area contributed by atoms with Crippen molar-refractivity contribution >= 4 is 15.9 Å². The summed E-state index contributed by atoms with van der Waals surface area (Å²) in [5.74, 6) is -0.101. The zero-order valence-corrected chi connectivity index (χ0v) is 17.0. The fraction of sp³-hybridized carbons (Fsp3) is 0.650. The van der Waals surface area contributed by atoms with Crippen LogP contribution in [0.3, 0.4) is 0 Å². The van der Waals surface area contributed by atoms with Gasteiger partial charge in [0.2, 0.25) is 15.9 Å². The summed E-state index contributed by atoms with van der Waals surface area (Å²) in [6.45, 7) is 4.69. The number of benzene rings is 1. The minimum Gasteiger partial charge on any atom is -0.389 e. The third-order valence-electron chi connectivity index (χ3n) is 6.07. The molecule has 2 N–H and O–H groups in total. The molecule has 1 saturated carbocycles. The Morgan fingerprint density at radius 3 is 2.67 bits per heavy atom. The first-order valence-electron chi connectivity index (χ1n) is 9.85. The zero-order valence-electron chi connectivity index (χ0n) is 16.1. The summed E-state index contributed by atoms with van der Waals surface area (Å²) < 4.78 is 27.9. The van der Waals surface area contributed by atoms with Crippen LogP contribution >= 0.6 is 0 Å². The van der Waals surface area contributed by atoms with E-state index in [1.807, 2.05) is 6.92 Å². The Kier molecular flexibility index (Phi) is 5.93. The lowest BCUT2D eigenvalue weighted by atomic mass is 9.71. The standard InChI is InChI=1S/C20H30N2O4S/c1-3-18(21-27(25,26)17-9-7-15(2)8-10-17)19(23)22-13-12-20(24)11-5-4-6-16(20)14-22/h7-10,16,18,21,24H,3-6,11-14H2,1-2H3/t16-,18+,20-/m1/s1. The summed E-state index contributed by atoms with van der Waals surface area (Å²) in [6, 6.07) is 5.80. The van der Waals surface area contributed by atoms with Gasteiger partial charge in [-0.1, -0.05) is 37.5 Å². The van der Waals surface area contributed by atoms with Gasteiger partial charge in [0, 0.05) is 19.0 Å². The monoisotopic (exact) mass is 394 g/mol.